The normalized spacial score (nSPS) is 11.8. The number of rotatable bonds is 4. The van der Waals surface area contributed by atoms with Crippen LogP contribution in [0.25, 0.3) is 104 Å². The maximum atomic E-state index is 4.90. The van der Waals surface area contributed by atoms with Crippen molar-refractivity contribution in [2.24, 2.45) is 0 Å². The van der Waals surface area contributed by atoms with Crippen molar-refractivity contribution in [3.05, 3.63) is 194 Å². The largest absolute Gasteiger partial charge is 0.294 e. The smallest absolute Gasteiger partial charge is 0.145 e. The van der Waals surface area contributed by atoms with Gasteiger partial charge in [0.15, 0.2) is 0 Å². The van der Waals surface area contributed by atoms with Gasteiger partial charge in [-0.15, -0.1) is 0 Å². The highest BCUT2D eigenvalue weighted by Crippen LogP contribution is 2.45. The summed E-state index contributed by atoms with van der Waals surface area (Å²) in [5.74, 6) is 0. The maximum Gasteiger partial charge on any atom is 0.145 e. The number of benzene rings is 9. The SMILES string of the molecule is Cc1cnc2c(c1)c1cc(-c3ccc(-c4c5ccccc5c(-c5ccc6c(ccc7ccccc76)c5)c5ccccc45)cc3)ccc1n2-c1ccccc1. The molecule has 2 heterocycles. The highest BCUT2D eigenvalue weighted by atomic mass is 15.0. The Morgan fingerprint density at radius 3 is 1.65 bits per heavy atom. The molecular weight excluding hydrogens is 653 g/mol. The topological polar surface area (TPSA) is 17.8 Å². The van der Waals surface area contributed by atoms with Gasteiger partial charge in [0.2, 0.25) is 0 Å². The van der Waals surface area contributed by atoms with E-state index in [0.717, 1.165) is 22.4 Å². The van der Waals surface area contributed by atoms with E-state index in [0.29, 0.717) is 0 Å². The molecule has 0 fully saturated rings. The number of fused-ring (bicyclic) bond motifs is 8. The Labute approximate surface area is 313 Å². The van der Waals surface area contributed by atoms with Gasteiger partial charge in [-0.05, 0) is 125 Å². The maximum absolute atomic E-state index is 4.90. The summed E-state index contributed by atoms with van der Waals surface area (Å²) in [5, 5.41) is 12.5. The standard InChI is InChI=1S/C52H34N2/c1-33-29-48-47-31-37(26-28-49(47)54(52(48)53-32-33)40-12-3-2-4-13-40)34-19-22-36(23-20-34)50-43-15-7-9-17-45(43)51(46-18-10-8-16-44(46)50)39-25-27-42-38(30-39)24-21-35-11-5-6-14-41(35)42/h2-32H,1H3. The number of hydrogen-bond acceptors (Lipinski definition) is 1. The predicted molar refractivity (Wildman–Crippen MR) is 230 cm³/mol. The minimum absolute atomic E-state index is 0.980. The first-order valence-electron chi connectivity index (χ1n) is 18.6. The molecule has 0 aliphatic rings. The lowest BCUT2D eigenvalue weighted by Crippen LogP contribution is -1.95. The predicted octanol–water partition coefficient (Wildman–Crippen LogP) is 14.1. The molecule has 0 radical (unpaired) electrons. The van der Waals surface area contributed by atoms with E-state index in [-0.39, 0.29) is 0 Å². The van der Waals surface area contributed by atoms with Gasteiger partial charge >= 0.3 is 0 Å². The highest BCUT2D eigenvalue weighted by Gasteiger charge is 2.18. The second-order valence-corrected chi connectivity index (χ2v) is 14.4. The van der Waals surface area contributed by atoms with Crippen molar-refractivity contribution in [1.82, 2.24) is 9.55 Å². The zero-order chi connectivity index (χ0) is 35.8. The van der Waals surface area contributed by atoms with E-state index in [1.807, 2.05) is 6.20 Å². The molecule has 0 saturated heterocycles. The molecule has 11 aromatic rings. The monoisotopic (exact) mass is 686 g/mol. The third-order valence-electron chi connectivity index (χ3n) is 11.2. The molecule has 0 unspecified atom stereocenters. The lowest BCUT2D eigenvalue weighted by Gasteiger charge is -2.18. The van der Waals surface area contributed by atoms with E-state index >= 15 is 0 Å². The molecule has 9 aromatic carbocycles. The molecule has 0 amide bonds. The third kappa shape index (κ3) is 4.70. The quantitative estimate of drug-likeness (QED) is 0.133. The van der Waals surface area contributed by atoms with Crippen LogP contribution in [0.1, 0.15) is 5.56 Å². The van der Waals surface area contributed by atoms with E-state index in [4.69, 9.17) is 4.98 Å². The number of nitrogens with zero attached hydrogens (tertiary/aromatic N) is 2. The second kappa shape index (κ2) is 12.0. The van der Waals surface area contributed by atoms with Crippen molar-refractivity contribution in [2.45, 2.75) is 6.92 Å². The number of hydrogen-bond donors (Lipinski definition) is 0. The van der Waals surface area contributed by atoms with Gasteiger partial charge < -0.3 is 0 Å². The molecule has 0 aliphatic carbocycles. The first-order chi connectivity index (χ1) is 26.7. The average Bonchev–Trinajstić information content (AvgIpc) is 3.55. The first-order valence-corrected chi connectivity index (χ1v) is 18.6. The van der Waals surface area contributed by atoms with Gasteiger partial charge in [0.1, 0.15) is 5.65 Å². The third-order valence-corrected chi connectivity index (χ3v) is 11.2. The van der Waals surface area contributed by atoms with Crippen molar-refractivity contribution < 1.29 is 0 Å². The molecule has 0 N–H and O–H groups in total. The van der Waals surface area contributed by atoms with Crippen LogP contribution in [-0.2, 0) is 0 Å². The summed E-state index contributed by atoms with van der Waals surface area (Å²) in [4.78, 5) is 4.90. The van der Waals surface area contributed by atoms with Crippen LogP contribution >= 0.6 is 0 Å². The van der Waals surface area contributed by atoms with E-state index < -0.39 is 0 Å². The molecule has 11 rings (SSSR count). The van der Waals surface area contributed by atoms with Crippen molar-refractivity contribution in [1.29, 1.82) is 0 Å². The molecule has 2 nitrogen and oxygen atoms in total. The van der Waals surface area contributed by atoms with E-state index in [2.05, 4.69) is 193 Å². The van der Waals surface area contributed by atoms with Crippen LogP contribution in [0.4, 0.5) is 0 Å². The van der Waals surface area contributed by atoms with Crippen molar-refractivity contribution in [3.8, 4) is 39.1 Å². The summed E-state index contributed by atoms with van der Waals surface area (Å²) in [6, 6.07) is 66.7. The van der Waals surface area contributed by atoms with Gasteiger partial charge in [-0.2, -0.15) is 0 Å². The fourth-order valence-corrected chi connectivity index (χ4v) is 8.77. The lowest BCUT2D eigenvalue weighted by molar-refractivity contribution is 1.13. The number of aryl methyl sites for hydroxylation is 1. The summed E-state index contributed by atoms with van der Waals surface area (Å²) in [6.45, 7) is 2.12. The van der Waals surface area contributed by atoms with E-state index in [9.17, 15) is 0 Å². The molecule has 2 heteroatoms. The van der Waals surface area contributed by atoms with Crippen LogP contribution in [0.2, 0.25) is 0 Å². The fraction of sp³-hybridized carbons (Fsp3) is 0.0192. The van der Waals surface area contributed by atoms with Gasteiger partial charge in [0.25, 0.3) is 0 Å². The second-order valence-electron chi connectivity index (χ2n) is 14.4. The van der Waals surface area contributed by atoms with Gasteiger partial charge in [-0.25, -0.2) is 4.98 Å². The Bertz CT molecular complexity index is 3200. The summed E-state index contributed by atoms with van der Waals surface area (Å²) >= 11 is 0. The van der Waals surface area contributed by atoms with Crippen molar-refractivity contribution in [2.75, 3.05) is 0 Å². The van der Waals surface area contributed by atoms with Crippen LogP contribution in [0.3, 0.4) is 0 Å². The zero-order valence-electron chi connectivity index (χ0n) is 29.8. The van der Waals surface area contributed by atoms with Gasteiger partial charge in [-0.3, -0.25) is 4.57 Å². The Morgan fingerprint density at radius 1 is 0.370 bits per heavy atom. The summed E-state index contributed by atoms with van der Waals surface area (Å²) < 4.78 is 2.27. The van der Waals surface area contributed by atoms with Crippen LogP contribution in [0.15, 0.2) is 188 Å². The molecule has 54 heavy (non-hydrogen) atoms. The Morgan fingerprint density at radius 2 is 0.926 bits per heavy atom. The molecule has 252 valence electrons. The van der Waals surface area contributed by atoms with E-state index in [1.54, 1.807) is 0 Å². The summed E-state index contributed by atoms with van der Waals surface area (Å²) in [5.41, 5.74) is 11.8. The van der Waals surface area contributed by atoms with Crippen molar-refractivity contribution in [3.63, 3.8) is 0 Å². The molecule has 0 spiro atoms. The molecule has 0 saturated carbocycles. The molecule has 2 aromatic heterocycles. The van der Waals surface area contributed by atoms with E-state index in [1.165, 1.54) is 87.2 Å². The van der Waals surface area contributed by atoms with Crippen molar-refractivity contribution >= 4 is 65.0 Å². The molecule has 0 atom stereocenters. The Kier molecular flexibility index (Phi) is 6.80. The molecule has 0 aliphatic heterocycles. The minimum Gasteiger partial charge on any atom is -0.294 e. The molecular formula is C52H34N2. The average molecular weight is 687 g/mol. The summed E-state index contributed by atoms with van der Waals surface area (Å²) in [7, 11) is 0. The molecule has 0 bridgehead atoms. The van der Waals surface area contributed by atoms with Crippen LogP contribution in [0.5, 0.6) is 0 Å². The Balaban J connectivity index is 1.06. The lowest BCUT2D eigenvalue weighted by atomic mass is 9.85. The van der Waals surface area contributed by atoms with Gasteiger partial charge in [-0.1, -0.05) is 146 Å². The highest BCUT2D eigenvalue weighted by molar-refractivity contribution is 6.22. The Hall–Kier alpha value is -7.03. The summed E-state index contributed by atoms with van der Waals surface area (Å²) in [6.07, 6.45) is 1.96. The van der Waals surface area contributed by atoms with Crippen LogP contribution in [-0.4, -0.2) is 9.55 Å². The number of aromatic nitrogens is 2. The minimum atomic E-state index is 0.980. The van der Waals surface area contributed by atoms with Gasteiger partial charge in [0.05, 0.1) is 5.52 Å². The first kappa shape index (κ1) is 30.6. The fourth-order valence-electron chi connectivity index (χ4n) is 8.77. The van der Waals surface area contributed by atoms with Gasteiger partial charge in [0, 0.05) is 22.7 Å². The number of pyridine rings is 1. The zero-order valence-corrected chi connectivity index (χ0v) is 29.8. The van der Waals surface area contributed by atoms with Crippen LogP contribution < -0.4 is 0 Å². The number of para-hydroxylation sites is 1. The van der Waals surface area contributed by atoms with Crippen LogP contribution in [0, 0.1) is 6.92 Å².